The Labute approximate surface area is 179 Å². The molecule has 0 bridgehead atoms. The zero-order valence-corrected chi connectivity index (χ0v) is 19.2. The van der Waals surface area contributed by atoms with Crippen molar-refractivity contribution in [3.05, 3.63) is 35.9 Å². The maximum atomic E-state index is 13.5. The second kappa shape index (κ2) is 9.45. The summed E-state index contributed by atoms with van der Waals surface area (Å²) in [6.45, 7) is 5.80. The van der Waals surface area contributed by atoms with Crippen molar-refractivity contribution in [1.29, 1.82) is 0 Å². The molecule has 0 radical (unpaired) electrons. The van der Waals surface area contributed by atoms with E-state index >= 15 is 0 Å². The Morgan fingerprint density at radius 2 is 1.80 bits per heavy atom. The molecule has 1 aromatic rings. The molecule has 168 valence electrons. The first kappa shape index (κ1) is 24.3. The predicted molar refractivity (Wildman–Crippen MR) is 117 cm³/mol. The summed E-state index contributed by atoms with van der Waals surface area (Å²) < 4.78 is 25.8. The second-order valence-electron chi connectivity index (χ2n) is 8.36. The van der Waals surface area contributed by atoms with Crippen LogP contribution in [0.5, 0.6) is 0 Å². The van der Waals surface area contributed by atoms with Gasteiger partial charge in [-0.25, -0.2) is 8.42 Å². The van der Waals surface area contributed by atoms with Gasteiger partial charge in [-0.1, -0.05) is 44.2 Å². The topological polar surface area (TPSA) is 122 Å². The SMILES string of the molecule is CN[C@@H](C)C(=O)N[C@H](C(=O)N1CCCC1[C@](N)(c1ccccc1)S(C)(=O)=O)C(C)C. The maximum Gasteiger partial charge on any atom is 0.245 e. The monoisotopic (exact) mass is 438 g/mol. The van der Waals surface area contributed by atoms with E-state index in [-0.39, 0.29) is 17.7 Å². The number of nitrogens with zero attached hydrogens (tertiary/aromatic N) is 1. The van der Waals surface area contributed by atoms with Gasteiger partial charge in [0.15, 0.2) is 14.7 Å². The van der Waals surface area contributed by atoms with Crippen LogP contribution in [-0.2, 0) is 24.3 Å². The van der Waals surface area contributed by atoms with E-state index in [9.17, 15) is 18.0 Å². The van der Waals surface area contributed by atoms with Crippen LogP contribution in [0.15, 0.2) is 30.3 Å². The summed E-state index contributed by atoms with van der Waals surface area (Å²) in [6.07, 6.45) is 2.22. The first-order valence-electron chi connectivity index (χ1n) is 10.3. The highest BCUT2D eigenvalue weighted by Crippen LogP contribution is 2.37. The summed E-state index contributed by atoms with van der Waals surface area (Å²) >= 11 is 0. The molecule has 0 spiro atoms. The lowest BCUT2D eigenvalue weighted by atomic mass is 9.95. The van der Waals surface area contributed by atoms with Gasteiger partial charge in [-0.3, -0.25) is 9.59 Å². The highest BCUT2D eigenvalue weighted by Gasteiger charge is 2.52. The van der Waals surface area contributed by atoms with E-state index in [2.05, 4.69) is 10.6 Å². The average molecular weight is 439 g/mol. The third-order valence-corrected chi connectivity index (χ3v) is 7.66. The molecule has 0 aromatic heterocycles. The number of hydrogen-bond acceptors (Lipinski definition) is 6. The number of benzene rings is 1. The van der Waals surface area contributed by atoms with E-state index in [4.69, 9.17) is 5.73 Å². The number of carbonyl (C=O) groups is 2. The van der Waals surface area contributed by atoms with E-state index in [1.807, 2.05) is 13.8 Å². The fourth-order valence-electron chi connectivity index (χ4n) is 3.93. The Morgan fingerprint density at radius 1 is 1.20 bits per heavy atom. The van der Waals surface area contributed by atoms with Crippen LogP contribution in [0.25, 0.3) is 0 Å². The van der Waals surface area contributed by atoms with Gasteiger partial charge in [-0.05, 0) is 38.3 Å². The molecule has 30 heavy (non-hydrogen) atoms. The minimum absolute atomic E-state index is 0.172. The van der Waals surface area contributed by atoms with Crippen LogP contribution >= 0.6 is 0 Å². The number of likely N-dealkylation sites (N-methyl/N-ethyl adjacent to an activating group) is 1. The van der Waals surface area contributed by atoms with Crippen molar-refractivity contribution in [2.45, 2.75) is 56.6 Å². The second-order valence-corrected chi connectivity index (χ2v) is 10.6. The predicted octanol–water partition coefficient (Wildman–Crippen LogP) is 0.582. The molecule has 0 aliphatic carbocycles. The van der Waals surface area contributed by atoms with Crippen LogP contribution in [0, 0.1) is 5.92 Å². The highest BCUT2D eigenvalue weighted by molar-refractivity contribution is 7.91. The van der Waals surface area contributed by atoms with E-state index in [0.29, 0.717) is 24.9 Å². The number of sulfone groups is 1. The van der Waals surface area contributed by atoms with E-state index < -0.39 is 32.8 Å². The van der Waals surface area contributed by atoms with Crippen molar-refractivity contribution in [3.63, 3.8) is 0 Å². The number of nitrogens with one attached hydrogen (secondary N) is 2. The molecule has 1 aliphatic heterocycles. The Morgan fingerprint density at radius 3 is 2.30 bits per heavy atom. The van der Waals surface area contributed by atoms with Gasteiger partial charge in [0.1, 0.15) is 6.04 Å². The zero-order valence-electron chi connectivity index (χ0n) is 18.4. The summed E-state index contributed by atoms with van der Waals surface area (Å²) in [7, 11) is -2.10. The lowest BCUT2D eigenvalue weighted by Crippen LogP contribution is -2.62. The lowest BCUT2D eigenvalue weighted by Gasteiger charge is -2.40. The van der Waals surface area contributed by atoms with Crippen LogP contribution < -0.4 is 16.4 Å². The molecule has 4 atom stereocenters. The number of nitrogens with two attached hydrogens (primary N) is 1. The lowest BCUT2D eigenvalue weighted by molar-refractivity contribution is -0.139. The minimum atomic E-state index is -3.77. The average Bonchev–Trinajstić information content (AvgIpc) is 3.19. The van der Waals surface area contributed by atoms with Crippen molar-refractivity contribution in [1.82, 2.24) is 15.5 Å². The molecule has 4 N–H and O–H groups in total. The Hall–Kier alpha value is -1.97. The summed E-state index contributed by atoms with van der Waals surface area (Å²) in [5.41, 5.74) is 7.05. The molecule has 9 heteroatoms. The Kier molecular flexibility index (Phi) is 7.65. The molecular weight excluding hydrogens is 404 g/mol. The summed E-state index contributed by atoms with van der Waals surface area (Å²) in [5.74, 6) is -0.766. The third kappa shape index (κ3) is 4.68. The standard InChI is InChI=1S/C21H34N4O4S/c1-14(2)18(24-19(26)15(3)23-4)20(27)25-13-9-12-17(25)21(22,30(5,28)29)16-10-7-6-8-11-16/h6-8,10-11,14-15,17-18,23H,9,12-13,22H2,1-5H3,(H,24,26)/t15-,17?,18-,21-/m0/s1. The van der Waals surface area contributed by atoms with Gasteiger partial charge < -0.3 is 21.3 Å². The highest BCUT2D eigenvalue weighted by atomic mass is 32.2. The number of hydrogen-bond donors (Lipinski definition) is 3. The fourth-order valence-corrected chi connectivity index (χ4v) is 5.23. The Bertz CT molecular complexity index is 859. The third-order valence-electron chi connectivity index (χ3n) is 5.93. The van der Waals surface area contributed by atoms with E-state index in [0.717, 1.165) is 6.26 Å². The van der Waals surface area contributed by atoms with Crippen LogP contribution in [0.1, 0.15) is 39.2 Å². The van der Waals surface area contributed by atoms with Gasteiger partial charge in [-0.2, -0.15) is 0 Å². The van der Waals surface area contributed by atoms with Crippen LogP contribution in [0.2, 0.25) is 0 Å². The summed E-state index contributed by atoms with van der Waals surface area (Å²) in [5, 5.41) is 5.67. The number of carbonyl (C=O) groups excluding carboxylic acids is 2. The van der Waals surface area contributed by atoms with Crippen LogP contribution in [0.4, 0.5) is 0 Å². The summed E-state index contributed by atoms with van der Waals surface area (Å²) in [6, 6.07) is 6.67. The summed E-state index contributed by atoms with van der Waals surface area (Å²) in [4.78, 5) is 25.7. The van der Waals surface area contributed by atoms with Crippen molar-refractivity contribution in [3.8, 4) is 0 Å². The molecule has 1 heterocycles. The first-order chi connectivity index (χ1) is 13.9. The van der Waals surface area contributed by atoms with Crippen molar-refractivity contribution < 1.29 is 18.0 Å². The van der Waals surface area contributed by atoms with Crippen molar-refractivity contribution in [2.24, 2.45) is 11.7 Å². The Balaban J connectivity index is 2.42. The minimum Gasteiger partial charge on any atom is -0.343 e. The van der Waals surface area contributed by atoms with Gasteiger partial charge in [0.25, 0.3) is 0 Å². The molecule has 1 fully saturated rings. The normalized spacial score (nSPS) is 21.2. The first-order valence-corrected chi connectivity index (χ1v) is 12.2. The van der Waals surface area contributed by atoms with Crippen LogP contribution in [0.3, 0.4) is 0 Å². The van der Waals surface area contributed by atoms with Gasteiger partial charge in [-0.15, -0.1) is 0 Å². The molecule has 1 aromatic carbocycles. The molecule has 2 rings (SSSR count). The number of amides is 2. The number of likely N-dealkylation sites (tertiary alicyclic amines) is 1. The van der Waals surface area contributed by atoms with Crippen molar-refractivity contribution >= 4 is 21.7 Å². The quantitative estimate of drug-likeness (QED) is 0.546. The van der Waals surface area contributed by atoms with Gasteiger partial charge in [0, 0.05) is 12.8 Å². The smallest absolute Gasteiger partial charge is 0.245 e. The molecule has 0 saturated carbocycles. The molecule has 8 nitrogen and oxygen atoms in total. The molecule has 1 unspecified atom stereocenters. The van der Waals surface area contributed by atoms with Crippen molar-refractivity contribution in [2.75, 3.05) is 19.8 Å². The van der Waals surface area contributed by atoms with Gasteiger partial charge in [0.2, 0.25) is 11.8 Å². The maximum absolute atomic E-state index is 13.5. The van der Waals surface area contributed by atoms with Gasteiger partial charge >= 0.3 is 0 Å². The van der Waals surface area contributed by atoms with Crippen LogP contribution in [-0.4, -0.2) is 63.1 Å². The van der Waals surface area contributed by atoms with E-state index in [1.165, 1.54) is 0 Å². The fraction of sp³-hybridized carbons (Fsp3) is 0.619. The largest absolute Gasteiger partial charge is 0.343 e. The van der Waals surface area contributed by atoms with E-state index in [1.54, 1.807) is 49.2 Å². The molecular formula is C21H34N4O4S. The molecule has 2 amide bonds. The van der Waals surface area contributed by atoms with Gasteiger partial charge in [0.05, 0.1) is 12.1 Å². The molecule has 1 aliphatic rings. The number of rotatable bonds is 8. The zero-order chi connectivity index (χ0) is 22.7. The molecule has 1 saturated heterocycles.